The number of rotatable bonds is 6. The molecule has 5 rings (SSSR count). The number of hydrogen-bond acceptors (Lipinski definition) is 7. The number of anilines is 1. The van der Waals surface area contributed by atoms with Crippen LogP contribution in [0.15, 0.2) is 53.2 Å². The zero-order valence-corrected chi connectivity index (χ0v) is 21.2. The molecule has 0 unspecified atom stereocenters. The Morgan fingerprint density at radius 2 is 1.79 bits per heavy atom. The summed E-state index contributed by atoms with van der Waals surface area (Å²) in [6.07, 6.45) is 1.94. The first-order valence-corrected chi connectivity index (χ1v) is 15.3. The van der Waals surface area contributed by atoms with Gasteiger partial charge in [0.25, 0.3) is 5.89 Å². The molecule has 176 valence electrons. The molecule has 1 fully saturated rings. The smallest absolute Gasteiger partial charge is 0.278 e. The second-order valence-electron chi connectivity index (χ2n) is 9.84. The average molecular weight is 474 g/mol. The molecule has 1 saturated heterocycles. The molecule has 3 aromatic heterocycles. The lowest BCUT2D eigenvalue weighted by atomic mass is 10.2. The summed E-state index contributed by atoms with van der Waals surface area (Å²) in [5.41, 5.74) is 3.76. The summed E-state index contributed by atoms with van der Waals surface area (Å²) in [5, 5.41) is 13.7. The van der Waals surface area contributed by atoms with Crippen molar-refractivity contribution in [3.8, 4) is 23.0 Å². The number of nitrogens with one attached hydrogen (secondary N) is 1. The van der Waals surface area contributed by atoms with Crippen LogP contribution in [0.2, 0.25) is 19.6 Å². The number of piperazine rings is 1. The SMILES string of the molecule is Cc1cc(-c2nc(-c3ccc([Si](C)(C)C)cc3)no2)nn1Cc1ccc(N2CCNCC2)nc1. The van der Waals surface area contributed by atoms with Crippen molar-refractivity contribution in [1.82, 2.24) is 30.2 Å². The van der Waals surface area contributed by atoms with Crippen LogP contribution in [-0.2, 0) is 6.54 Å². The third-order valence-electron chi connectivity index (χ3n) is 6.22. The minimum atomic E-state index is -1.34. The van der Waals surface area contributed by atoms with Gasteiger partial charge in [-0.3, -0.25) is 4.68 Å². The van der Waals surface area contributed by atoms with Crippen molar-refractivity contribution in [3.05, 3.63) is 59.9 Å². The molecule has 1 aliphatic rings. The van der Waals surface area contributed by atoms with E-state index in [1.54, 1.807) is 0 Å². The number of benzene rings is 1. The molecule has 1 N–H and O–H groups in total. The van der Waals surface area contributed by atoms with Gasteiger partial charge >= 0.3 is 0 Å². The van der Waals surface area contributed by atoms with E-state index in [-0.39, 0.29) is 0 Å². The van der Waals surface area contributed by atoms with Crippen molar-refractivity contribution in [2.24, 2.45) is 0 Å². The summed E-state index contributed by atoms with van der Waals surface area (Å²) in [6.45, 7) is 13.7. The summed E-state index contributed by atoms with van der Waals surface area (Å²) < 4.78 is 7.50. The molecule has 8 nitrogen and oxygen atoms in total. The monoisotopic (exact) mass is 473 g/mol. The van der Waals surface area contributed by atoms with Crippen LogP contribution in [0, 0.1) is 6.92 Å². The molecule has 34 heavy (non-hydrogen) atoms. The highest BCUT2D eigenvalue weighted by atomic mass is 28.3. The Balaban J connectivity index is 1.30. The zero-order chi connectivity index (χ0) is 23.7. The quantitative estimate of drug-likeness (QED) is 0.430. The molecule has 1 aliphatic heterocycles. The van der Waals surface area contributed by atoms with E-state index in [1.165, 1.54) is 5.19 Å². The van der Waals surface area contributed by atoms with E-state index < -0.39 is 8.07 Å². The molecular formula is C25H31N7OSi. The van der Waals surface area contributed by atoms with Gasteiger partial charge in [-0.2, -0.15) is 10.1 Å². The predicted octanol–water partition coefficient (Wildman–Crippen LogP) is 3.31. The van der Waals surface area contributed by atoms with Crippen molar-refractivity contribution in [1.29, 1.82) is 0 Å². The zero-order valence-electron chi connectivity index (χ0n) is 20.2. The van der Waals surface area contributed by atoms with Crippen LogP contribution >= 0.6 is 0 Å². The van der Waals surface area contributed by atoms with Gasteiger partial charge in [-0.1, -0.05) is 60.3 Å². The van der Waals surface area contributed by atoms with E-state index in [9.17, 15) is 0 Å². The largest absolute Gasteiger partial charge is 0.354 e. The van der Waals surface area contributed by atoms with E-state index in [0.29, 0.717) is 24.0 Å². The molecule has 0 aliphatic carbocycles. The lowest BCUT2D eigenvalue weighted by Gasteiger charge is -2.28. The van der Waals surface area contributed by atoms with E-state index in [0.717, 1.165) is 48.8 Å². The molecule has 1 aromatic carbocycles. The maximum atomic E-state index is 5.55. The fourth-order valence-electron chi connectivity index (χ4n) is 4.10. The molecule has 9 heteroatoms. The van der Waals surface area contributed by atoms with Crippen LogP contribution in [0.3, 0.4) is 0 Å². The first-order valence-electron chi connectivity index (χ1n) is 11.8. The highest BCUT2D eigenvalue weighted by Gasteiger charge is 2.18. The van der Waals surface area contributed by atoms with Crippen molar-refractivity contribution in [2.45, 2.75) is 33.1 Å². The maximum absolute atomic E-state index is 5.55. The van der Waals surface area contributed by atoms with E-state index in [2.05, 4.69) is 81.4 Å². The second-order valence-corrected chi connectivity index (χ2v) is 14.9. The number of nitrogens with zero attached hydrogens (tertiary/aromatic N) is 6. The molecule has 0 radical (unpaired) electrons. The van der Waals surface area contributed by atoms with Gasteiger partial charge in [0.15, 0.2) is 5.69 Å². The van der Waals surface area contributed by atoms with Gasteiger partial charge in [0.2, 0.25) is 5.82 Å². The van der Waals surface area contributed by atoms with Gasteiger partial charge in [-0.25, -0.2) is 4.98 Å². The number of pyridine rings is 1. The Kier molecular flexibility index (Phi) is 6.05. The Labute approximate surface area is 201 Å². The minimum Gasteiger partial charge on any atom is -0.354 e. The van der Waals surface area contributed by atoms with Gasteiger partial charge in [-0.15, -0.1) is 0 Å². The standard InChI is InChI=1S/C25H31N7OSi/c1-18-15-22(25-28-24(30-33-25)20-6-8-21(9-7-20)34(2,3)4)29-32(18)17-19-5-10-23(27-16-19)31-13-11-26-12-14-31/h5-10,15-16,26H,11-14,17H2,1-4H3. The van der Waals surface area contributed by atoms with Crippen molar-refractivity contribution in [3.63, 3.8) is 0 Å². The molecule has 0 bridgehead atoms. The van der Waals surface area contributed by atoms with E-state index >= 15 is 0 Å². The number of aromatic nitrogens is 5. The van der Waals surface area contributed by atoms with Crippen molar-refractivity contribution in [2.75, 3.05) is 31.1 Å². The summed E-state index contributed by atoms with van der Waals surface area (Å²) >= 11 is 0. The van der Waals surface area contributed by atoms with Gasteiger partial charge in [-0.05, 0) is 24.6 Å². The number of hydrogen-bond donors (Lipinski definition) is 1. The predicted molar refractivity (Wildman–Crippen MR) is 137 cm³/mol. The number of aryl methyl sites for hydroxylation is 1. The molecule has 0 saturated carbocycles. The van der Waals surface area contributed by atoms with Crippen LogP contribution < -0.4 is 15.4 Å². The fraction of sp³-hybridized carbons (Fsp3) is 0.360. The third kappa shape index (κ3) is 4.80. The summed E-state index contributed by atoms with van der Waals surface area (Å²) in [5.74, 6) is 2.04. The normalized spacial score (nSPS) is 14.5. The highest BCUT2D eigenvalue weighted by Crippen LogP contribution is 2.23. The van der Waals surface area contributed by atoms with Gasteiger partial charge < -0.3 is 14.7 Å². The summed E-state index contributed by atoms with van der Waals surface area (Å²) in [4.78, 5) is 11.6. The van der Waals surface area contributed by atoms with Crippen LogP contribution in [0.4, 0.5) is 5.82 Å². The minimum absolute atomic E-state index is 0.429. The Morgan fingerprint density at radius 1 is 1.03 bits per heavy atom. The summed E-state index contributed by atoms with van der Waals surface area (Å²) in [6, 6.07) is 14.7. The van der Waals surface area contributed by atoms with Crippen LogP contribution in [0.25, 0.3) is 23.0 Å². The van der Waals surface area contributed by atoms with Crippen molar-refractivity contribution < 1.29 is 4.52 Å². The van der Waals surface area contributed by atoms with Gasteiger partial charge in [0.05, 0.1) is 14.6 Å². The molecular weight excluding hydrogens is 442 g/mol. The maximum Gasteiger partial charge on any atom is 0.278 e. The van der Waals surface area contributed by atoms with Crippen LogP contribution in [0.5, 0.6) is 0 Å². The molecule has 0 atom stereocenters. The molecule has 0 amide bonds. The summed E-state index contributed by atoms with van der Waals surface area (Å²) in [7, 11) is -1.34. The first kappa shape index (κ1) is 22.5. The van der Waals surface area contributed by atoms with Crippen LogP contribution in [0.1, 0.15) is 11.3 Å². The van der Waals surface area contributed by atoms with Gasteiger partial charge in [0, 0.05) is 43.6 Å². The van der Waals surface area contributed by atoms with Crippen LogP contribution in [-0.4, -0.2) is 59.2 Å². The molecule has 4 aromatic rings. The fourth-order valence-corrected chi connectivity index (χ4v) is 5.27. The second kappa shape index (κ2) is 9.15. The Hall–Kier alpha value is -3.30. The molecule has 4 heterocycles. The lowest BCUT2D eigenvalue weighted by molar-refractivity contribution is 0.430. The van der Waals surface area contributed by atoms with Gasteiger partial charge in [0.1, 0.15) is 5.82 Å². The third-order valence-corrected chi connectivity index (χ3v) is 8.28. The van der Waals surface area contributed by atoms with E-state index in [4.69, 9.17) is 9.62 Å². The average Bonchev–Trinajstić information content (AvgIpc) is 3.47. The highest BCUT2D eigenvalue weighted by molar-refractivity contribution is 6.88. The Morgan fingerprint density at radius 3 is 2.47 bits per heavy atom. The van der Waals surface area contributed by atoms with E-state index in [1.807, 2.05) is 23.9 Å². The molecule has 0 spiro atoms. The first-order chi connectivity index (χ1) is 16.4. The van der Waals surface area contributed by atoms with Crippen molar-refractivity contribution >= 4 is 19.1 Å². The Bertz CT molecular complexity index is 1250. The lowest BCUT2D eigenvalue weighted by Crippen LogP contribution is -2.43. The topological polar surface area (TPSA) is 84.9 Å².